The largest absolute Gasteiger partial charge is 0.381 e. The number of nitrogens with zero attached hydrogens (tertiary/aromatic N) is 2. The van der Waals surface area contributed by atoms with Crippen LogP contribution in [0.5, 0.6) is 0 Å². The highest BCUT2D eigenvalue weighted by Crippen LogP contribution is 2.42. The lowest BCUT2D eigenvalue weighted by molar-refractivity contribution is -0.0942. The van der Waals surface area contributed by atoms with Crippen LogP contribution in [0.25, 0.3) is 0 Å². The molecule has 19 heavy (non-hydrogen) atoms. The number of amides is 1. The van der Waals surface area contributed by atoms with E-state index in [1.807, 2.05) is 0 Å². The average Bonchev–Trinajstić information content (AvgIpc) is 2.42. The molecule has 1 aromatic rings. The first-order valence-corrected chi connectivity index (χ1v) is 6.11. The van der Waals surface area contributed by atoms with Gasteiger partial charge in [0.25, 0.3) is 5.91 Å². The van der Waals surface area contributed by atoms with E-state index in [2.05, 4.69) is 34.6 Å². The van der Waals surface area contributed by atoms with Crippen molar-refractivity contribution in [3.63, 3.8) is 0 Å². The number of nitrogens with two attached hydrogens (primary N) is 1. The lowest BCUT2D eigenvalue weighted by Crippen LogP contribution is -2.61. The quantitative estimate of drug-likeness (QED) is 0.535. The molecule has 2 rings (SSSR count). The third-order valence-corrected chi connectivity index (χ3v) is 3.78. The van der Waals surface area contributed by atoms with Crippen LogP contribution in [0.15, 0.2) is 12.4 Å². The minimum atomic E-state index is -0.253. The molecule has 1 saturated carbocycles. The molecule has 1 aliphatic rings. The van der Waals surface area contributed by atoms with Crippen LogP contribution in [-0.2, 0) is 4.74 Å². The van der Waals surface area contributed by atoms with Gasteiger partial charge in [0.2, 0.25) is 0 Å². The second kappa shape index (κ2) is 5.10. The standard InChI is InChI=1S/C12H19N5O2/c1-12(2)8(4-9(12)19-3)16-11(18)7-5-14-6-10(15-7)17-13/h5-6,8-9H,4,13H2,1-3H3,(H,15,17)(H,16,18). The Bertz CT molecular complexity index is 477. The molecule has 0 aliphatic heterocycles. The summed E-state index contributed by atoms with van der Waals surface area (Å²) in [5, 5.41) is 2.95. The van der Waals surface area contributed by atoms with Gasteiger partial charge in [-0.15, -0.1) is 0 Å². The van der Waals surface area contributed by atoms with Crippen molar-refractivity contribution < 1.29 is 9.53 Å². The lowest BCUT2D eigenvalue weighted by Gasteiger charge is -2.51. The van der Waals surface area contributed by atoms with E-state index in [0.717, 1.165) is 6.42 Å². The van der Waals surface area contributed by atoms with E-state index in [0.29, 0.717) is 5.82 Å². The molecule has 7 nitrogen and oxygen atoms in total. The first kappa shape index (κ1) is 13.7. The highest BCUT2D eigenvalue weighted by Gasteiger charge is 2.49. The number of carbonyl (C=O) groups is 1. The van der Waals surface area contributed by atoms with Crippen molar-refractivity contribution in [2.45, 2.75) is 32.4 Å². The fourth-order valence-corrected chi connectivity index (χ4v) is 2.31. The minimum Gasteiger partial charge on any atom is -0.381 e. The van der Waals surface area contributed by atoms with Crippen LogP contribution in [0.4, 0.5) is 5.82 Å². The van der Waals surface area contributed by atoms with Gasteiger partial charge in [-0.05, 0) is 6.42 Å². The molecule has 0 bridgehead atoms. The zero-order valence-corrected chi connectivity index (χ0v) is 11.3. The van der Waals surface area contributed by atoms with Gasteiger partial charge in [0.1, 0.15) is 5.69 Å². The number of nitrogen functional groups attached to an aromatic ring is 1. The second-order valence-electron chi connectivity index (χ2n) is 5.24. The molecule has 1 fully saturated rings. The Hall–Kier alpha value is -1.73. The number of carbonyl (C=O) groups excluding carboxylic acids is 1. The zero-order chi connectivity index (χ0) is 14.0. The molecule has 1 heterocycles. The molecule has 1 aromatic heterocycles. The van der Waals surface area contributed by atoms with E-state index in [4.69, 9.17) is 10.6 Å². The van der Waals surface area contributed by atoms with Crippen LogP contribution in [0.2, 0.25) is 0 Å². The summed E-state index contributed by atoms with van der Waals surface area (Å²) in [5.41, 5.74) is 2.52. The van der Waals surface area contributed by atoms with E-state index in [1.165, 1.54) is 12.4 Å². The van der Waals surface area contributed by atoms with E-state index in [1.54, 1.807) is 7.11 Å². The molecule has 0 saturated heterocycles. The third kappa shape index (κ3) is 2.52. The number of nitrogens with one attached hydrogen (secondary N) is 2. The Kier molecular flexibility index (Phi) is 3.68. The number of rotatable bonds is 4. The molecule has 0 radical (unpaired) electrons. The summed E-state index contributed by atoms with van der Waals surface area (Å²) in [6, 6.07) is 0.0706. The number of methoxy groups -OCH3 is 1. The number of anilines is 1. The third-order valence-electron chi connectivity index (χ3n) is 3.78. The lowest BCUT2D eigenvalue weighted by atomic mass is 9.64. The molecule has 0 spiro atoms. The second-order valence-corrected chi connectivity index (χ2v) is 5.24. The van der Waals surface area contributed by atoms with Gasteiger partial charge < -0.3 is 15.5 Å². The summed E-state index contributed by atoms with van der Waals surface area (Å²) in [4.78, 5) is 20.0. The van der Waals surface area contributed by atoms with Gasteiger partial charge in [0, 0.05) is 18.6 Å². The highest BCUT2D eigenvalue weighted by atomic mass is 16.5. The molecule has 2 unspecified atom stereocenters. The number of ether oxygens (including phenoxy) is 1. The monoisotopic (exact) mass is 265 g/mol. The fraction of sp³-hybridized carbons (Fsp3) is 0.583. The number of hydrogen-bond acceptors (Lipinski definition) is 6. The van der Waals surface area contributed by atoms with Crippen molar-refractivity contribution in [2.75, 3.05) is 12.5 Å². The van der Waals surface area contributed by atoms with Crippen LogP contribution in [0.1, 0.15) is 30.8 Å². The molecule has 2 atom stereocenters. The summed E-state index contributed by atoms with van der Waals surface area (Å²) in [7, 11) is 1.69. The van der Waals surface area contributed by atoms with Crippen LogP contribution < -0.4 is 16.6 Å². The van der Waals surface area contributed by atoms with Crippen molar-refractivity contribution in [1.82, 2.24) is 15.3 Å². The van der Waals surface area contributed by atoms with Gasteiger partial charge in [-0.2, -0.15) is 0 Å². The molecular formula is C12H19N5O2. The SMILES string of the molecule is COC1CC(NC(=O)c2cncc(NN)n2)C1(C)C. The summed E-state index contributed by atoms with van der Waals surface area (Å²) in [5.74, 6) is 5.34. The van der Waals surface area contributed by atoms with Crippen molar-refractivity contribution >= 4 is 11.7 Å². The normalized spacial score (nSPS) is 24.4. The van der Waals surface area contributed by atoms with Crippen LogP contribution >= 0.6 is 0 Å². The van der Waals surface area contributed by atoms with E-state index in [9.17, 15) is 4.79 Å². The molecule has 1 aliphatic carbocycles. The van der Waals surface area contributed by atoms with Gasteiger partial charge in [-0.25, -0.2) is 10.8 Å². The number of aromatic nitrogens is 2. The smallest absolute Gasteiger partial charge is 0.271 e. The van der Waals surface area contributed by atoms with Crippen molar-refractivity contribution in [3.8, 4) is 0 Å². The van der Waals surface area contributed by atoms with Gasteiger partial charge in [-0.1, -0.05) is 13.8 Å². The van der Waals surface area contributed by atoms with E-state index >= 15 is 0 Å². The molecule has 4 N–H and O–H groups in total. The molecule has 7 heteroatoms. The minimum absolute atomic E-state index is 0.0706. The predicted molar refractivity (Wildman–Crippen MR) is 70.3 cm³/mol. The molecular weight excluding hydrogens is 246 g/mol. The Balaban J connectivity index is 2.02. The summed E-state index contributed by atoms with van der Waals surface area (Å²) >= 11 is 0. The maximum Gasteiger partial charge on any atom is 0.271 e. The maximum absolute atomic E-state index is 12.1. The Morgan fingerprint density at radius 1 is 1.53 bits per heavy atom. The zero-order valence-electron chi connectivity index (χ0n) is 11.3. The van der Waals surface area contributed by atoms with Crippen LogP contribution in [0, 0.1) is 5.41 Å². The average molecular weight is 265 g/mol. The van der Waals surface area contributed by atoms with Gasteiger partial charge >= 0.3 is 0 Å². The predicted octanol–water partition coefficient (Wildman–Crippen LogP) is 0.305. The van der Waals surface area contributed by atoms with Gasteiger partial charge in [0.15, 0.2) is 5.82 Å². The van der Waals surface area contributed by atoms with Crippen molar-refractivity contribution in [3.05, 3.63) is 18.1 Å². The van der Waals surface area contributed by atoms with Crippen LogP contribution in [0.3, 0.4) is 0 Å². The highest BCUT2D eigenvalue weighted by molar-refractivity contribution is 5.92. The molecule has 0 aromatic carbocycles. The first-order chi connectivity index (χ1) is 8.98. The van der Waals surface area contributed by atoms with E-state index in [-0.39, 0.29) is 29.2 Å². The van der Waals surface area contributed by atoms with E-state index < -0.39 is 0 Å². The van der Waals surface area contributed by atoms with Crippen LogP contribution in [-0.4, -0.2) is 35.1 Å². The fourth-order valence-electron chi connectivity index (χ4n) is 2.31. The molecule has 1 amide bonds. The summed E-state index contributed by atoms with van der Waals surface area (Å²) in [6.07, 6.45) is 3.83. The molecule has 104 valence electrons. The Labute approximate surface area is 111 Å². The van der Waals surface area contributed by atoms with Crippen molar-refractivity contribution in [1.29, 1.82) is 0 Å². The Morgan fingerprint density at radius 3 is 2.84 bits per heavy atom. The summed E-state index contributed by atoms with van der Waals surface area (Å²) < 4.78 is 5.35. The summed E-state index contributed by atoms with van der Waals surface area (Å²) in [6.45, 7) is 4.14. The number of hydrazine groups is 1. The Morgan fingerprint density at radius 2 is 2.26 bits per heavy atom. The van der Waals surface area contributed by atoms with Gasteiger partial charge in [-0.3, -0.25) is 9.78 Å². The van der Waals surface area contributed by atoms with Gasteiger partial charge in [0.05, 0.1) is 18.5 Å². The van der Waals surface area contributed by atoms with Crippen molar-refractivity contribution in [2.24, 2.45) is 11.3 Å². The first-order valence-electron chi connectivity index (χ1n) is 6.11. The number of hydrogen-bond donors (Lipinski definition) is 3. The topological polar surface area (TPSA) is 102 Å². The maximum atomic E-state index is 12.1.